The number of carbonyl (C=O) groups excluding carboxylic acids is 3. The molecule has 2 aromatic rings. The zero-order chi connectivity index (χ0) is 21.5. The van der Waals surface area contributed by atoms with Gasteiger partial charge < -0.3 is 20.9 Å². The zero-order valence-corrected chi connectivity index (χ0v) is 16.9. The molecule has 1 heterocycles. The average Bonchev–Trinajstić information content (AvgIpc) is 3.45. The lowest BCUT2D eigenvalue weighted by molar-refractivity contribution is 0.0910. The highest BCUT2D eigenvalue weighted by atomic mass is 16.2. The number of carbonyl (C=O) groups is 3. The van der Waals surface area contributed by atoms with Crippen molar-refractivity contribution < 1.29 is 14.4 Å². The number of nitrogens with one attached hydrogen (secondary N) is 4. The Kier molecular flexibility index (Phi) is 4.93. The summed E-state index contributed by atoms with van der Waals surface area (Å²) in [6, 6.07) is 7.96. The van der Waals surface area contributed by atoms with Crippen LogP contribution in [0.25, 0.3) is 0 Å². The molecule has 30 heavy (non-hydrogen) atoms. The Hall–Kier alpha value is -3.42. The fourth-order valence-corrected chi connectivity index (χ4v) is 3.61. The number of ketones is 1. The molecule has 8 nitrogen and oxygen atoms in total. The van der Waals surface area contributed by atoms with Crippen molar-refractivity contribution in [3.63, 3.8) is 0 Å². The lowest BCUT2D eigenvalue weighted by Gasteiger charge is -2.29. The van der Waals surface area contributed by atoms with Gasteiger partial charge in [0.05, 0.1) is 0 Å². The zero-order valence-electron chi connectivity index (χ0n) is 16.9. The predicted molar refractivity (Wildman–Crippen MR) is 113 cm³/mol. The third-order valence-corrected chi connectivity index (χ3v) is 5.28. The minimum Gasteiger partial charge on any atom is -0.335 e. The molecule has 2 aliphatic carbocycles. The Balaban J connectivity index is 1.46. The highest BCUT2D eigenvalue weighted by Gasteiger charge is 2.32. The number of aromatic nitrogens is 1. The summed E-state index contributed by atoms with van der Waals surface area (Å²) in [5.41, 5.74) is 1.20. The van der Waals surface area contributed by atoms with Crippen LogP contribution in [0.4, 0.5) is 16.2 Å². The highest BCUT2D eigenvalue weighted by molar-refractivity contribution is 6.07. The predicted octanol–water partition coefficient (Wildman–Crippen LogP) is 3.07. The second-order valence-corrected chi connectivity index (χ2v) is 8.75. The maximum absolute atomic E-state index is 12.6. The van der Waals surface area contributed by atoms with Gasteiger partial charge in [0.1, 0.15) is 5.56 Å². The van der Waals surface area contributed by atoms with Gasteiger partial charge in [-0.15, -0.1) is 0 Å². The molecule has 2 aliphatic rings. The molecule has 0 unspecified atom stereocenters. The van der Waals surface area contributed by atoms with E-state index in [1.807, 2.05) is 13.8 Å². The average molecular weight is 408 g/mol. The van der Waals surface area contributed by atoms with Gasteiger partial charge in [0.2, 0.25) is 0 Å². The molecule has 1 aromatic carbocycles. The van der Waals surface area contributed by atoms with Crippen LogP contribution < -0.4 is 21.5 Å². The van der Waals surface area contributed by atoms with Crippen molar-refractivity contribution in [3.05, 3.63) is 57.5 Å². The van der Waals surface area contributed by atoms with Crippen LogP contribution in [0.15, 0.2) is 35.1 Å². The molecule has 8 heteroatoms. The van der Waals surface area contributed by atoms with Crippen LogP contribution in [0.3, 0.4) is 0 Å². The Morgan fingerprint density at radius 1 is 1.00 bits per heavy atom. The number of amides is 3. The largest absolute Gasteiger partial charge is 0.335 e. The Morgan fingerprint density at radius 3 is 2.27 bits per heavy atom. The molecular formula is C22H24N4O4. The van der Waals surface area contributed by atoms with Crippen LogP contribution in [-0.4, -0.2) is 28.7 Å². The van der Waals surface area contributed by atoms with E-state index in [4.69, 9.17) is 0 Å². The van der Waals surface area contributed by atoms with Gasteiger partial charge >= 0.3 is 6.03 Å². The van der Waals surface area contributed by atoms with Crippen molar-refractivity contribution in [2.75, 3.05) is 10.6 Å². The smallest absolute Gasteiger partial charge is 0.319 e. The second kappa shape index (κ2) is 7.44. The maximum atomic E-state index is 12.6. The van der Waals surface area contributed by atoms with Crippen molar-refractivity contribution in [1.82, 2.24) is 10.3 Å². The van der Waals surface area contributed by atoms with Gasteiger partial charge in [0.25, 0.3) is 11.5 Å². The minimum absolute atomic E-state index is 0.0774. The van der Waals surface area contributed by atoms with Crippen LogP contribution in [0, 0.1) is 5.41 Å². The number of aromatic amines is 1. The molecule has 0 atom stereocenters. The number of hydrogen-bond donors (Lipinski definition) is 4. The molecule has 4 N–H and O–H groups in total. The summed E-state index contributed by atoms with van der Waals surface area (Å²) >= 11 is 0. The van der Waals surface area contributed by atoms with E-state index in [-0.39, 0.29) is 28.8 Å². The lowest BCUT2D eigenvalue weighted by atomic mass is 9.75. The highest BCUT2D eigenvalue weighted by Crippen LogP contribution is 2.33. The normalized spacial score (nSPS) is 17.1. The van der Waals surface area contributed by atoms with Gasteiger partial charge in [-0.25, -0.2) is 4.79 Å². The number of H-pyrrole nitrogens is 1. The van der Waals surface area contributed by atoms with E-state index in [1.54, 1.807) is 24.3 Å². The molecule has 0 saturated heterocycles. The molecule has 1 aromatic heterocycles. The van der Waals surface area contributed by atoms with Gasteiger partial charge in [0, 0.05) is 35.1 Å². The van der Waals surface area contributed by atoms with Gasteiger partial charge in [-0.05, 0) is 55.0 Å². The van der Waals surface area contributed by atoms with Crippen molar-refractivity contribution in [3.8, 4) is 0 Å². The first-order valence-electron chi connectivity index (χ1n) is 9.98. The van der Waals surface area contributed by atoms with E-state index in [2.05, 4.69) is 20.9 Å². The summed E-state index contributed by atoms with van der Waals surface area (Å²) in [7, 11) is 0. The molecule has 1 saturated carbocycles. The standard InChI is InChI=1S/C22H24N4O4/c1-22(2)10-17-15(18(27)11-22)9-16(20(29)26-17)19(28)23-12-3-5-13(6-4-12)24-21(30)25-14-7-8-14/h3-6,9,14H,7-8,10-11H2,1-2H3,(H,23,28)(H,26,29)(H2,24,25,30). The molecule has 156 valence electrons. The molecule has 0 spiro atoms. The quantitative estimate of drug-likeness (QED) is 0.621. The summed E-state index contributed by atoms with van der Waals surface area (Å²) in [5.74, 6) is -0.671. The van der Waals surface area contributed by atoms with Crippen molar-refractivity contribution >= 4 is 29.1 Å². The molecule has 0 radical (unpaired) electrons. The summed E-state index contributed by atoms with van der Waals surface area (Å²) in [5, 5.41) is 8.21. The minimum atomic E-state index is -0.594. The third-order valence-electron chi connectivity index (χ3n) is 5.28. The summed E-state index contributed by atoms with van der Waals surface area (Å²) in [4.78, 5) is 52.0. The number of anilines is 2. The van der Waals surface area contributed by atoms with Crippen LogP contribution >= 0.6 is 0 Å². The Labute approximate surface area is 173 Å². The number of rotatable bonds is 4. The first-order valence-corrected chi connectivity index (χ1v) is 9.98. The maximum Gasteiger partial charge on any atom is 0.319 e. The molecule has 4 rings (SSSR count). The van der Waals surface area contributed by atoms with Crippen LogP contribution in [0.1, 0.15) is 59.5 Å². The van der Waals surface area contributed by atoms with Crippen molar-refractivity contribution in [2.45, 2.75) is 45.6 Å². The number of urea groups is 1. The molecule has 0 bridgehead atoms. The number of benzene rings is 1. The molecule has 3 amide bonds. The molecular weight excluding hydrogens is 384 g/mol. The van der Waals surface area contributed by atoms with Gasteiger partial charge in [-0.3, -0.25) is 14.4 Å². The number of Topliss-reactive ketones (excluding diaryl/α,β-unsaturated/α-hetero) is 1. The fraction of sp³-hybridized carbons (Fsp3) is 0.364. The number of pyridine rings is 1. The SMILES string of the molecule is CC1(C)CC(=O)c2cc(C(=O)Nc3ccc(NC(=O)NC4CC4)cc3)c(=O)[nH]c2C1. The number of hydrogen-bond acceptors (Lipinski definition) is 4. The van der Waals surface area contributed by atoms with Gasteiger partial charge in [-0.1, -0.05) is 13.8 Å². The van der Waals surface area contributed by atoms with Gasteiger partial charge in [0.15, 0.2) is 5.78 Å². The van der Waals surface area contributed by atoms with Crippen LogP contribution in [-0.2, 0) is 6.42 Å². The van der Waals surface area contributed by atoms with Crippen molar-refractivity contribution in [1.29, 1.82) is 0 Å². The van der Waals surface area contributed by atoms with E-state index >= 15 is 0 Å². The molecule has 0 aliphatic heterocycles. The monoisotopic (exact) mass is 408 g/mol. The van der Waals surface area contributed by atoms with Gasteiger partial charge in [-0.2, -0.15) is 0 Å². The summed E-state index contributed by atoms with van der Waals surface area (Å²) in [6.07, 6.45) is 2.96. The second-order valence-electron chi connectivity index (χ2n) is 8.75. The van der Waals surface area contributed by atoms with Crippen LogP contribution in [0.5, 0.6) is 0 Å². The van der Waals surface area contributed by atoms with E-state index in [9.17, 15) is 19.2 Å². The summed E-state index contributed by atoms with van der Waals surface area (Å²) < 4.78 is 0. The van der Waals surface area contributed by atoms with E-state index < -0.39 is 11.5 Å². The van der Waals surface area contributed by atoms with Crippen molar-refractivity contribution in [2.24, 2.45) is 5.41 Å². The molecule has 1 fully saturated rings. The number of fused-ring (bicyclic) bond motifs is 1. The van der Waals surface area contributed by atoms with Crippen LogP contribution in [0.2, 0.25) is 0 Å². The Bertz CT molecular complexity index is 1080. The fourth-order valence-electron chi connectivity index (χ4n) is 3.61. The lowest BCUT2D eigenvalue weighted by Crippen LogP contribution is -2.32. The van der Waals surface area contributed by atoms with E-state index in [0.717, 1.165) is 12.8 Å². The topological polar surface area (TPSA) is 120 Å². The van der Waals surface area contributed by atoms with E-state index in [1.165, 1.54) is 6.07 Å². The third kappa shape index (κ3) is 4.42. The first kappa shape index (κ1) is 19.9. The van der Waals surface area contributed by atoms with E-state index in [0.29, 0.717) is 35.5 Å². The Morgan fingerprint density at radius 2 is 1.63 bits per heavy atom. The first-order chi connectivity index (χ1) is 14.2. The summed E-state index contributed by atoms with van der Waals surface area (Å²) in [6.45, 7) is 3.95.